The predicted octanol–water partition coefficient (Wildman–Crippen LogP) is 1.29. The Morgan fingerprint density at radius 1 is 1.00 bits per heavy atom. The summed E-state index contributed by atoms with van der Waals surface area (Å²) in [4.78, 5) is 85.3. The van der Waals surface area contributed by atoms with Crippen LogP contribution < -0.4 is 15.5 Å². The number of hydrogen-bond donors (Lipinski definition) is 3. The van der Waals surface area contributed by atoms with Crippen molar-refractivity contribution in [1.82, 2.24) is 29.8 Å². The molecule has 2 unspecified atom stereocenters. The molecule has 3 fully saturated rings. The van der Waals surface area contributed by atoms with Crippen molar-refractivity contribution in [2.24, 2.45) is 10.9 Å². The fourth-order valence-corrected chi connectivity index (χ4v) is 7.59. The van der Waals surface area contributed by atoms with Gasteiger partial charge in [0.05, 0.1) is 24.3 Å². The molecule has 52 heavy (non-hydrogen) atoms. The van der Waals surface area contributed by atoms with Gasteiger partial charge in [-0.2, -0.15) is 5.10 Å². The molecule has 16 nitrogen and oxygen atoms in total. The third kappa shape index (κ3) is 7.51. The molecule has 272 valence electrons. The molecule has 7 rings (SSSR count). The van der Waals surface area contributed by atoms with E-state index in [4.69, 9.17) is 0 Å². The molecule has 5 amide bonds. The van der Waals surface area contributed by atoms with Gasteiger partial charge in [0.25, 0.3) is 11.8 Å². The number of aliphatic imine (C=N–C) groups is 1. The number of amides is 5. The molecule has 0 spiro atoms. The summed E-state index contributed by atoms with van der Waals surface area (Å²) < 4.78 is 1.95. The molecule has 3 saturated heterocycles. The Balaban J connectivity index is 0.846. The highest BCUT2D eigenvalue weighted by Gasteiger charge is 2.42. The molecule has 3 N–H and O–H groups in total. The van der Waals surface area contributed by atoms with Crippen LogP contribution in [-0.4, -0.2) is 116 Å². The van der Waals surface area contributed by atoms with Gasteiger partial charge in [-0.3, -0.25) is 43.9 Å². The van der Waals surface area contributed by atoms with Crippen LogP contribution in [0.25, 0.3) is 0 Å². The fraction of sp³-hybridized carbons (Fsp3) is 0.444. The van der Waals surface area contributed by atoms with Gasteiger partial charge in [-0.05, 0) is 55.7 Å². The molecule has 0 bridgehead atoms. The van der Waals surface area contributed by atoms with E-state index >= 15 is 0 Å². The summed E-state index contributed by atoms with van der Waals surface area (Å²) in [5.41, 5.74) is 2.06. The zero-order valence-corrected chi connectivity index (χ0v) is 28.6. The lowest BCUT2D eigenvalue weighted by Crippen LogP contribution is -2.54. The predicted molar refractivity (Wildman–Crippen MR) is 188 cm³/mol. The Kier molecular flexibility index (Phi) is 9.98. The highest BCUT2D eigenvalue weighted by atomic mass is 16.4. The van der Waals surface area contributed by atoms with Gasteiger partial charge in [0.1, 0.15) is 11.7 Å². The monoisotopic (exact) mass is 711 g/mol. The largest absolute Gasteiger partial charge is 0.479 e. The van der Waals surface area contributed by atoms with Crippen LogP contribution in [0.2, 0.25) is 0 Å². The first-order valence-electron chi connectivity index (χ1n) is 17.7. The maximum Gasteiger partial charge on any atom is 0.332 e. The Labute approximate surface area is 299 Å². The van der Waals surface area contributed by atoms with Crippen molar-refractivity contribution < 1.29 is 33.9 Å². The average Bonchev–Trinajstić information content (AvgIpc) is 3.73. The van der Waals surface area contributed by atoms with Crippen LogP contribution in [0.3, 0.4) is 0 Å². The highest BCUT2D eigenvalue weighted by molar-refractivity contribution is 6.20. The zero-order valence-electron chi connectivity index (χ0n) is 28.6. The van der Waals surface area contributed by atoms with E-state index in [1.54, 1.807) is 41.7 Å². The minimum atomic E-state index is -1.03. The third-order valence-electron chi connectivity index (χ3n) is 10.4. The van der Waals surface area contributed by atoms with Crippen LogP contribution in [0, 0.1) is 5.92 Å². The number of carboxylic acid groups (broad SMARTS) is 1. The molecule has 5 aliphatic heterocycles. The van der Waals surface area contributed by atoms with Gasteiger partial charge in [0.15, 0.2) is 6.04 Å². The van der Waals surface area contributed by atoms with E-state index < -0.39 is 41.7 Å². The van der Waals surface area contributed by atoms with E-state index in [1.807, 2.05) is 21.8 Å². The molecule has 0 aliphatic carbocycles. The van der Waals surface area contributed by atoms with E-state index in [0.717, 1.165) is 67.5 Å². The standard InChI is InChI=1S/C36H41N9O7/c46-31-5-4-29(34(49)40-31)45-33(48)18-28(35(45)50)39-25-3-1-2-24(16-25)17-32(47)42-13-6-23(7-14-42)21-41-11-8-26(9-12-41)44-22-27(19-38-44)43-15-10-37-20-30(43)36(51)52/h1-3,10,15-16,18-20,22-23,26,29-30,39H,4-9,11-14,17,21H2,(H,51,52)(H,40,46,49). The number of piperidine rings is 3. The molecule has 0 radical (unpaired) electrons. The topological polar surface area (TPSA) is 190 Å². The SMILES string of the molecule is O=C1CCC(N2C(=O)C=C(Nc3cccc(CC(=O)N4CCC(CN5CCC(n6cc(N7C=CN=CC7C(=O)O)cn6)CC5)CC4)c3)C2=O)C(=O)N1. The first kappa shape index (κ1) is 34.8. The van der Waals surface area contributed by atoms with Gasteiger partial charge < -0.3 is 25.1 Å². The number of benzene rings is 1. The normalized spacial score (nSPS) is 23.3. The van der Waals surface area contributed by atoms with E-state index in [0.29, 0.717) is 24.7 Å². The van der Waals surface area contributed by atoms with Gasteiger partial charge in [-0.25, -0.2) is 4.79 Å². The first-order chi connectivity index (χ1) is 25.1. The zero-order chi connectivity index (χ0) is 36.4. The van der Waals surface area contributed by atoms with E-state index in [2.05, 4.69) is 25.6 Å². The van der Waals surface area contributed by atoms with Crippen molar-refractivity contribution >= 4 is 53.1 Å². The van der Waals surface area contributed by atoms with E-state index in [1.165, 1.54) is 6.21 Å². The highest BCUT2D eigenvalue weighted by Crippen LogP contribution is 2.28. The first-order valence-corrected chi connectivity index (χ1v) is 17.7. The van der Waals surface area contributed by atoms with Crippen molar-refractivity contribution in [3.63, 3.8) is 0 Å². The molecular formula is C36H41N9O7. The number of aliphatic carboxylic acids is 1. The molecular weight excluding hydrogens is 670 g/mol. The van der Waals surface area contributed by atoms with Gasteiger partial charge >= 0.3 is 5.97 Å². The van der Waals surface area contributed by atoms with Gasteiger partial charge in [-0.1, -0.05) is 12.1 Å². The number of nitrogens with one attached hydrogen (secondary N) is 2. The molecule has 16 heteroatoms. The molecule has 2 aromatic rings. The second-order valence-corrected chi connectivity index (χ2v) is 13.9. The summed E-state index contributed by atoms with van der Waals surface area (Å²) in [5, 5.41) is 19.2. The van der Waals surface area contributed by atoms with Gasteiger partial charge in [-0.15, -0.1) is 0 Å². The number of carboxylic acids is 1. The van der Waals surface area contributed by atoms with E-state index in [-0.39, 0.29) is 36.9 Å². The summed E-state index contributed by atoms with van der Waals surface area (Å²) in [6.45, 7) is 4.27. The van der Waals surface area contributed by atoms with Gasteiger partial charge in [0.2, 0.25) is 17.7 Å². The van der Waals surface area contributed by atoms with E-state index in [9.17, 15) is 33.9 Å². The summed E-state index contributed by atoms with van der Waals surface area (Å²) in [7, 11) is 0. The quantitative estimate of drug-likeness (QED) is 0.301. The Morgan fingerprint density at radius 2 is 1.79 bits per heavy atom. The Morgan fingerprint density at radius 3 is 2.54 bits per heavy atom. The number of imide groups is 2. The number of aromatic nitrogens is 2. The molecule has 1 aromatic heterocycles. The summed E-state index contributed by atoms with van der Waals surface area (Å²) in [5.74, 6) is -2.79. The van der Waals surface area contributed by atoms with Crippen molar-refractivity contribution in [2.75, 3.05) is 42.9 Å². The van der Waals surface area contributed by atoms with Crippen molar-refractivity contribution in [1.29, 1.82) is 0 Å². The number of carbonyl (C=O) groups excluding carboxylic acids is 5. The van der Waals surface area contributed by atoms with Crippen molar-refractivity contribution in [3.8, 4) is 0 Å². The minimum Gasteiger partial charge on any atom is -0.479 e. The summed E-state index contributed by atoms with van der Waals surface area (Å²) >= 11 is 0. The number of rotatable bonds is 10. The molecule has 1 aromatic carbocycles. The number of hydrogen-bond acceptors (Lipinski definition) is 11. The number of carbonyl (C=O) groups is 6. The maximum absolute atomic E-state index is 13.3. The lowest BCUT2D eigenvalue weighted by molar-refractivity contribution is -0.149. The third-order valence-corrected chi connectivity index (χ3v) is 10.4. The Hall–Kier alpha value is -5.64. The lowest BCUT2D eigenvalue weighted by atomic mass is 9.94. The second kappa shape index (κ2) is 14.9. The van der Waals surface area contributed by atoms with Crippen LogP contribution >= 0.6 is 0 Å². The average molecular weight is 712 g/mol. The summed E-state index contributed by atoms with van der Waals surface area (Å²) in [6.07, 6.45) is 13.5. The fourth-order valence-electron chi connectivity index (χ4n) is 7.59. The molecule has 6 heterocycles. The number of anilines is 2. The van der Waals surface area contributed by atoms with Gasteiger partial charge in [0, 0.05) is 75.7 Å². The van der Waals surface area contributed by atoms with Crippen LogP contribution in [0.5, 0.6) is 0 Å². The summed E-state index contributed by atoms with van der Waals surface area (Å²) in [6, 6.07) is 5.49. The lowest BCUT2D eigenvalue weighted by Gasteiger charge is -2.37. The molecule has 5 aliphatic rings. The second-order valence-electron chi connectivity index (χ2n) is 13.9. The molecule has 2 atom stereocenters. The smallest absolute Gasteiger partial charge is 0.332 e. The number of nitrogens with zero attached hydrogens (tertiary/aromatic N) is 7. The van der Waals surface area contributed by atoms with Crippen molar-refractivity contribution in [2.45, 2.75) is 63.1 Å². The van der Waals surface area contributed by atoms with Crippen LogP contribution in [0.4, 0.5) is 11.4 Å². The van der Waals surface area contributed by atoms with Crippen molar-refractivity contribution in [3.05, 3.63) is 66.4 Å². The maximum atomic E-state index is 13.3. The Bertz CT molecular complexity index is 1850. The minimum absolute atomic E-state index is 0.0250. The van der Waals surface area contributed by atoms with Crippen LogP contribution in [0.15, 0.2) is 65.8 Å². The van der Waals surface area contributed by atoms with Crippen LogP contribution in [-0.2, 0) is 35.2 Å². The number of likely N-dealkylation sites (tertiary alicyclic amines) is 2. The van der Waals surface area contributed by atoms with Crippen LogP contribution in [0.1, 0.15) is 50.1 Å². The molecule has 0 saturated carbocycles.